The van der Waals surface area contributed by atoms with E-state index in [1.54, 1.807) is 24.0 Å². The average molecular weight is 468 g/mol. The van der Waals surface area contributed by atoms with Crippen LogP contribution in [0.4, 0.5) is 11.4 Å². The number of nitrogens with zero attached hydrogens (tertiary/aromatic N) is 2. The van der Waals surface area contributed by atoms with E-state index in [9.17, 15) is 19.2 Å². The molecule has 0 bridgehead atoms. The fourth-order valence-corrected chi connectivity index (χ4v) is 4.83. The second kappa shape index (κ2) is 10.4. The van der Waals surface area contributed by atoms with E-state index in [2.05, 4.69) is 12.2 Å². The summed E-state index contributed by atoms with van der Waals surface area (Å²) in [6.45, 7) is 7.32. The number of rotatable bonds is 7. The third-order valence-electron chi connectivity index (χ3n) is 6.98. The molecule has 2 fully saturated rings. The zero-order chi connectivity index (χ0) is 24.2. The minimum Gasteiger partial charge on any atom is -0.466 e. The zero-order valence-corrected chi connectivity index (χ0v) is 20.0. The lowest BCUT2D eigenvalue weighted by Crippen LogP contribution is -2.45. The molecule has 2 heterocycles. The second-order valence-electron chi connectivity index (χ2n) is 9.44. The highest BCUT2D eigenvalue weighted by Crippen LogP contribution is 2.26. The first kappa shape index (κ1) is 24.0. The van der Waals surface area contributed by atoms with Crippen LogP contribution >= 0.6 is 0 Å². The summed E-state index contributed by atoms with van der Waals surface area (Å²) in [5, 5.41) is 3.14. The van der Waals surface area contributed by atoms with Crippen molar-refractivity contribution in [2.75, 3.05) is 43.0 Å². The van der Waals surface area contributed by atoms with Gasteiger partial charge in [-0.15, -0.1) is 0 Å². The first-order chi connectivity index (χ1) is 16.4. The topological polar surface area (TPSA) is 96.0 Å². The summed E-state index contributed by atoms with van der Waals surface area (Å²) >= 11 is 0. The van der Waals surface area contributed by atoms with E-state index in [0.29, 0.717) is 49.1 Å². The lowest BCUT2D eigenvalue weighted by atomic mass is 9.97. The molecule has 1 atom stereocenters. The van der Waals surface area contributed by atoms with Gasteiger partial charge >= 0.3 is 5.97 Å². The van der Waals surface area contributed by atoms with Crippen molar-refractivity contribution in [1.82, 2.24) is 4.90 Å². The summed E-state index contributed by atoms with van der Waals surface area (Å²) in [7, 11) is 0. The highest BCUT2D eigenvalue weighted by atomic mass is 16.5. The van der Waals surface area contributed by atoms with E-state index < -0.39 is 10.9 Å². The smallest absolute Gasteiger partial charge is 0.310 e. The third-order valence-corrected chi connectivity index (χ3v) is 6.98. The molecule has 182 valence electrons. The van der Waals surface area contributed by atoms with E-state index in [1.165, 1.54) is 0 Å². The number of nitrogens with one attached hydrogen (secondary N) is 1. The Labute approximate surface area is 199 Å². The number of carbonyl (C=O) groups is 2. The van der Waals surface area contributed by atoms with Gasteiger partial charge in [-0.2, -0.15) is 0 Å². The van der Waals surface area contributed by atoms with Gasteiger partial charge < -0.3 is 19.9 Å². The number of anilines is 2. The number of hydrogen-bond donors (Lipinski definition) is 1. The number of ether oxygens (including phenoxy) is 1. The number of piperidine rings is 2. The Kier molecular flexibility index (Phi) is 7.34. The van der Waals surface area contributed by atoms with Crippen molar-refractivity contribution in [1.29, 1.82) is 0 Å². The minimum absolute atomic E-state index is 0.0994. The van der Waals surface area contributed by atoms with Crippen LogP contribution in [0.5, 0.6) is 0 Å². The Bertz CT molecular complexity index is 1090. The van der Waals surface area contributed by atoms with Gasteiger partial charge in [0.05, 0.1) is 12.5 Å². The van der Waals surface area contributed by atoms with Gasteiger partial charge in [-0.05, 0) is 56.2 Å². The summed E-state index contributed by atoms with van der Waals surface area (Å²) in [5.74, 6) is 0.0339. The predicted octanol–water partition coefficient (Wildman–Crippen LogP) is 2.55. The standard InChI is InChI=1S/C26H33N3O5/c1-3-34-26(33)20-5-4-12-29(16-20)25(32)19-8-6-18(7-9-19)15-27-21-22(24(31)23(21)30)28-13-10-17(2)11-14-28/h6-9,17,20,27H,3-5,10-16H2,1-2H3/t20-/m1/s1. The van der Waals surface area contributed by atoms with Gasteiger partial charge in [0, 0.05) is 38.3 Å². The molecule has 4 rings (SSSR count). The maximum atomic E-state index is 12.9. The van der Waals surface area contributed by atoms with Gasteiger partial charge in [0.15, 0.2) is 0 Å². The molecule has 0 radical (unpaired) electrons. The van der Waals surface area contributed by atoms with Crippen LogP contribution in [0.25, 0.3) is 0 Å². The van der Waals surface area contributed by atoms with Crippen molar-refractivity contribution >= 4 is 23.3 Å². The minimum atomic E-state index is -0.457. The molecule has 2 aromatic rings. The first-order valence-corrected chi connectivity index (χ1v) is 12.3. The van der Waals surface area contributed by atoms with E-state index in [4.69, 9.17) is 4.74 Å². The summed E-state index contributed by atoms with van der Waals surface area (Å²) in [4.78, 5) is 53.1. The molecule has 2 saturated heterocycles. The molecular weight excluding hydrogens is 434 g/mol. The van der Waals surface area contributed by atoms with Crippen LogP contribution in [-0.2, 0) is 16.1 Å². The number of likely N-dealkylation sites (tertiary alicyclic amines) is 1. The quantitative estimate of drug-likeness (QED) is 0.494. The second-order valence-corrected chi connectivity index (χ2v) is 9.44. The fourth-order valence-electron chi connectivity index (χ4n) is 4.83. The van der Waals surface area contributed by atoms with Crippen LogP contribution < -0.4 is 21.1 Å². The van der Waals surface area contributed by atoms with Crippen molar-refractivity contribution in [3.8, 4) is 0 Å². The van der Waals surface area contributed by atoms with E-state index in [0.717, 1.165) is 44.3 Å². The molecule has 34 heavy (non-hydrogen) atoms. The van der Waals surface area contributed by atoms with E-state index in [-0.39, 0.29) is 17.8 Å². The Morgan fingerprint density at radius 2 is 1.74 bits per heavy atom. The molecule has 0 aliphatic carbocycles. The van der Waals surface area contributed by atoms with Crippen molar-refractivity contribution < 1.29 is 14.3 Å². The summed E-state index contributed by atoms with van der Waals surface area (Å²) in [5.41, 5.74) is 1.53. The maximum Gasteiger partial charge on any atom is 0.310 e. The monoisotopic (exact) mass is 467 g/mol. The number of esters is 1. The number of amides is 1. The third kappa shape index (κ3) is 5.00. The molecule has 2 aliphatic rings. The molecule has 0 saturated carbocycles. The van der Waals surface area contributed by atoms with Crippen molar-refractivity contribution in [3.63, 3.8) is 0 Å². The molecule has 1 N–H and O–H groups in total. The van der Waals surface area contributed by atoms with Crippen LogP contribution in [0.1, 0.15) is 55.5 Å². The van der Waals surface area contributed by atoms with Crippen molar-refractivity contribution in [3.05, 3.63) is 55.8 Å². The van der Waals surface area contributed by atoms with Gasteiger partial charge in [0.1, 0.15) is 11.4 Å². The number of carbonyl (C=O) groups excluding carboxylic acids is 2. The largest absolute Gasteiger partial charge is 0.466 e. The molecule has 2 aliphatic heterocycles. The zero-order valence-electron chi connectivity index (χ0n) is 20.0. The van der Waals surface area contributed by atoms with Gasteiger partial charge in [0.25, 0.3) is 16.8 Å². The van der Waals surface area contributed by atoms with E-state index in [1.807, 2.05) is 17.0 Å². The Balaban J connectivity index is 1.35. The molecule has 1 amide bonds. The molecule has 8 heteroatoms. The van der Waals surface area contributed by atoms with Crippen LogP contribution in [-0.4, -0.2) is 49.6 Å². The maximum absolute atomic E-state index is 12.9. The van der Waals surface area contributed by atoms with Crippen molar-refractivity contribution in [2.45, 2.75) is 46.1 Å². The van der Waals surface area contributed by atoms with Crippen LogP contribution in [0, 0.1) is 11.8 Å². The highest BCUT2D eigenvalue weighted by Gasteiger charge is 2.30. The predicted molar refractivity (Wildman–Crippen MR) is 131 cm³/mol. The normalized spacial score (nSPS) is 19.3. The Morgan fingerprint density at radius 3 is 2.41 bits per heavy atom. The van der Waals surface area contributed by atoms with Crippen molar-refractivity contribution in [2.24, 2.45) is 11.8 Å². The molecule has 0 unspecified atom stereocenters. The van der Waals surface area contributed by atoms with Gasteiger partial charge in [-0.25, -0.2) is 0 Å². The molecular formula is C26H33N3O5. The fraction of sp³-hybridized carbons (Fsp3) is 0.538. The average Bonchev–Trinajstić information content (AvgIpc) is 2.87. The number of benzene rings is 1. The summed E-state index contributed by atoms with van der Waals surface area (Å²) in [6, 6.07) is 7.23. The van der Waals surface area contributed by atoms with Gasteiger partial charge in [-0.3, -0.25) is 19.2 Å². The highest BCUT2D eigenvalue weighted by molar-refractivity contribution is 5.94. The van der Waals surface area contributed by atoms with Gasteiger partial charge in [-0.1, -0.05) is 19.1 Å². The molecule has 0 aromatic heterocycles. The number of hydrogen-bond acceptors (Lipinski definition) is 7. The van der Waals surface area contributed by atoms with Crippen LogP contribution in [0.3, 0.4) is 0 Å². The first-order valence-electron chi connectivity index (χ1n) is 12.3. The molecule has 0 spiro atoms. The van der Waals surface area contributed by atoms with Crippen LogP contribution in [0.15, 0.2) is 33.9 Å². The lowest BCUT2D eigenvalue weighted by Gasteiger charge is -2.33. The Morgan fingerprint density at radius 1 is 1.03 bits per heavy atom. The summed E-state index contributed by atoms with van der Waals surface area (Å²) < 4.78 is 5.12. The SMILES string of the molecule is CCOC(=O)[C@@H]1CCCN(C(=O)c2ccc(CNc3c(N4CCC(C)CC4)c(=O)c3=O)cc2)C1. The van der Waals surface area contributed by atoms with E-state index >= 15 is 0 Å². The lowest BCUT2D eigenvalue weighted by molar-refractivity contribution is -0.149. The molecule has 8 nitrogen and oxygen atoms in total. The Hall–Kier alpha value is -3.16. The van der Waals surface area contributed by atoms with Gasteiger partial charge in [0.2, 0.25) is 0 Å². The molecule has 2 aromatic carbocycles. The summed E-state index contributed by atoms with van der Waals surface area (Å²) in [6.07, 6.45) is 3.55. The van der Waals surface area contributed by atoms with Crippen LogP contribution in [0.2, 0.25) is 0 Å².